The molecule has 21 heavy (non-hydrogen) atoms. The Labute approximate surface area is 131 Å². The second-order valence-corrected chi connectivity index (χ2v) is 5.28. The number of benzene rings is 2. The van der Waals surface area contributed by atoms with E-state index >= 15 is 0 Å². The standard InChI is InChI=1S/C19H18ClN/c1-5-15-8-6-7-9-17(15)14(4)21-19-12-16(13(2)3)10-11-18(19)20/h5-12,21H,1-2,4H2,3H3. The van der Waals surface area contributed by atoms with Crippen molar-refractivity contribution in [1.82, 2.24) is 0 Å². The predicted molar refractivity (Wildman–Crippen MR) is 95.3 cm³/mol. The molecular weight excluding hydrogens is 278 g/mol. The lowest BCUT2D eigenvalue weighted by Gasteiger charge is -2.14. The van der Waals surface area contributed by atoms with Gasteiger partial charge in [-0.15, -0.1) is 0 Å². The van der Waals surface area contributed by atoms with E-state index in [2.05, 4.69) is 25.1 Å². The van der Waals surface area contributed by atoms with Crippen molar-refractivity contribution >= 4 is 34.6 Å². The van der Waals surface area contributed by atoms with Crippen LogP contribution < -0.4 is 5.32 Å². The van der Waals surface area contributed by atoms with E-state index in [4.69, 9.17) is 11.6 Å². The maximum Gasteiger partial charge on any atom is 0.0641 e. The van der Waals surface area contributed by atoms with Crippen LogP contribution >= 0.6 is 11.6 Å². The molecule has 1 nitrogen and oxygen atoms in total. The molecule has 0 amide bonds. The highest BCUT2D eigenvalue weighted by atomic mass is 35.5. The Balaban J connectivity index is 2.33. The zero-order valence-electron chi connectivity index (χ0n) is 12.1. The Morgan fingerprint density at radius 3 is 2.52 bits per heavy atom. The molecule has 2 heteroatoms. The fraction of sp³-hybridized carbons (Fsp3) is 0.0526. The molecule has 0 aliphatic heterocycles. The number of rotatable bonds is 5. The normalized spacial score (nSPS) is 10.0. The summed E-state index contributed by atoms with van der Waals surface area (Å²) in [5, 5.41) is 3.93. The smallest absolute Gasteiger partial charge is 0.0641 e. The molecule has 0 aliphatic carbocycles. The number of hydrogen-bond acceptors (Lipinski definition) is 1. The third-order valence-electron chi connectivity index (χ3n) is 3.25. The van der Waals surface area contributed by atoms with Gasteiger partial charge in [-0.05, 0) is 30.2 Å². The molecule has 0 saturated heterocycles. The summed E-state index contributed by atoms with van der Waals surface area (Å²) in [4.78, 5) is 0. The predicted octanol–water partition coefficient (Wildman–Crippen LogP) is 6.10. The first-order chi connectivity index (χ1) is 10.0. The van der Waals surface area contributed by atoms with Gasteiger partial charge < -0.3 is 5.32 Å². The number of hydrogen-bond donors (Lipinski definition) is 1. The maximum atomic E-state index is 6.25. The van der Waals surface area contributed by atoms with Crippen LogP contribution in [0.3, 0.4) is 0 Å². The highest BCUT2D eigenvalue weighted by Gasteiger charge is 2.07. The summed E-state index contributed by atoms with van der Waals surface area (Å²) in [6.45, 7) is 13.9. The van der Waals surface area contributed by atoms with Crippen LogP contribution in [0.15, 0.2) is 62.2 Å². The Kier molecular flexibility index (Phi) is 4.66. The minimum Gasteiger partial charge on any atom is -0.354 e. The molecule has 1 N–H and O–H groups in total. The quantitative estimate of drug-likeness (QED) is 0.703. The summed E-state index contributed by atoms with van der Waals surface area (Å²) in [6, 6.07) is 13.7. The van der Waals surface area contributed by atoms with E-state index in [9.17, 15) is 0 Å². The molecule has 106 valence electrons. The van der Waals surface area contributed by atoms with Crippen LogP contribution in [-0.4, -0.2) is 0 Å². The van der Waals surface area contributed by atoms with Gasteiger partial charge in [0.05, 0.1) is 10.7 Å². The first-order valence-electron chi connectivity index (χ1n) is 6.66. The van der Waals surface area contributed by atoms with Crippen LogP contribution in [0.1, 0.15) is 23.6 Å². The fourth-order valence-electron chi connectivity index (χ4n) is 2.07. The summed E-state index contributed by atoms with van der Waals surface area (Å²) in [5.74, 6) is 0. The Bertz CT molecular complexity index is 713. The molecule has 0 atom stereocenters. The van der Waals surface area contributed by atoms with Gasteiger partial charge in [0.15, 0.2) is 0 Å². The molecule has 0 heterocycles. The molecule has 0 spiro atoms. The molecule has 0 bridgehead atoms. The van der Waals surface area contributed by atoms with E-state index in [-0.39, 0.29) is 0 Å². The van der Waals surface area contributed by atoms with E-state index in [1.165, 1.54) is 0 Å². The molecule has 2 aromatic carbocycles. The lowest BCUT2D eigenvalue weighted by Crippen LogP contribution is -2.00. The van der Waals surface area contributed by atoms with Crippen LogP contribution in [-0.2, 0) is 0 Å². The van der Waals surface area contributed by atoms with Crippen molar-refractivity contribution in [2.75, 3.05) is 5.32 Å². The van der Waals surface area contributed by atoms with Gasteiger partial charge in [0.1, 0.15) is 0 Å². The van der Waals surface area contributed by atoms with Gasteiger partial charge in [-0.25, -0.2) is 0 Å². The minimum absolute atomic E-state index is 0.650. The number of nitrogens with one attached hydrogen (secondary N) is 1. The molecule has 0 fully saturated rings. The third-order valence-corrected chi connectivity index (χ3v) is 3.58. The van der Waals surface area contributed by atoms with Crippen molar-refractivity contribution in [3.63, 3.8) is 0 Å². The number of anilines is 1. The highest BCUT2D eigenvalue weighted by Crippen LogP contribution is 2.29. The molecule has 2 rings (SSSR count). The molecule has 0 saturated carbocycles. The molecule has 0 unspecified atom stereocenters. The third kappa shape index (κ3) is 3.45. The topological polar surface area (TPSA) is 12.0 Å². The van der Waals surface area contributed by atoms with E-state index in [0.29, 0.717) is 5.02 Å². The van der Waals surface area contributed by atoms with Crippen LogP contribution in [0.25, 0.3) is 17.3 Å². The summed E-state index contributed by atoms with van der Waals surface area (Å²) in [5.41, 5.74) is 5.68. The van der Waals surface area contributed by atoms with Gasteiger partial charge in [-0.3, -0.25) is 0 Å². The van der Waals surface area contributed by atoms with Crippen molar-refractivity contribution in [3.05, 3.63) is 83.9 Å². The average Bonchev–Trinajstić information content (AvgIpc) is 2.49. The molecule has 0 aliphatic rings. The highest BCUT2D eigenvalue weighted by molar-refractivity contribution is 6.33. The maximum absolute atomic E-state index is 6.25. The van der Waals surface area contributed by atoms with Crippen molar-refractivity contribution in [2.24, 2.45) is 0 Å². The van der Waals surface area contributed by atoms with Crippen LogP contribution in [0.5, 0.6) is 0 Å². The van der Waals surface area contributed by atoms with Crippen molar-refractivity contribution in [1.29, 1.82) is 0 Å². The van der Waals surface area contributed by atoms with Gasteiger partial charge in [-0.2, -0.15) is 0 Å². The molecule has 0 aromatic heterocycles. The Morgan fingerprint density at radius 1 is 1.14 bits per heavy atom. The summed E-state index contributed by atoms with van der Waals surface area (Å²) < 4.78 is 0. The molecule has 0 radical (unpaired) electrons. The first-order valence-corrected chi connectivity index (χ1v) is 7.04. The SMILES string of the molecule is C=Cc1ccccc1C(=C)Nc1cc(C(=C)C)ccc1Cl. The van der Waals surface area contributed by atoms with E-state index < -0.39 is 0 Å². The van der Waals surface area contributed by atoms with Gasteiger partial charge >= 0.3 is 0 Å². The second-order valence-electron chi connectivity index (χ2n) is 4.87. The van der Waals surface area contributed by atoms with Gasteiger partial charge in [0, 0.05) is 11.3 Å². The second kappa shape index (κ2) is 6.47. The van der Waals surface area contributed by atoms with Gasteiger partial charge in [-0.1, -0.05) is 73.3 Å². The Morgan fingerprint density at radius 2 is 1.86 bits per heavy atom. The van der Waals surface area contributed by atoms with Crippen molar-refractivity contribution in [3.8, 4) is 0 Å². The van der Waals surface area contributed by atoms with Gasteiger partial charge in [0.2, 0.25) is 0 Å². The zero-order valence-corrected chi connectivity index (χ0v) is 12.9. The lowest BCUT2D eigenvalue weighted by atomic mass is 10.0. The largest absolute Gasteiger partial charge is 0.354 e. The summed E-state index contributed by atoms with van der Waals surface area (Å²) in [7, 11) is 0. The monoisotopic (exact) mass is 295 g/mol. The van der Waals surface area contributed by atoms with Crippen LogP contribution in [0.2, 0.25) is 5.02 Å². The summed E-state index contributed by atoms with van der Waals surface area (Å²) in [6.07, 6.45) is 1.81. The van der Waals surface area contributed by atoms with E-state index in [1.807, 2.05) is 55.5 Å². The average molecular weight is 296 g/mol. The zero-order chi connectivity index (χ0) is 15.4. The molecular formula is C19H18ClN. The van der Waals surface area contributed by atoms with E-state index in [1.54, 1.807) is 0 Å². The van der Waals surface area contributed by atoms with Crippen molar-refractivity contribution < 1.29 is 0 Å². The van der Waals surface area contributed by atoms with Gasteiger partial charge in [0.25, 0.3) is 0 Å². The number of allylic oxidation sites excluding steroid dienone is 1. The first kappa shape index (κ1) is 15.1. The van der Waals surface area contributed by atoms with Crippen molar-refractivity contribution in [2.45, 2.75) is 6.92 Å². The molecule has 2 aromatic rings. The minimum atomic E-state index is 0.650. The van der Waals surface area contributed by atoms with E-state index in [0.717, 1.165) is 33.6 Å². The fourth-order valence-corrected chi connectivity index (χ4v) is 2.23. The number of halogens is 1. The van der Waals surface area contributed by atoms with Crippen LogP contribution in [0.4, 0.5) is 5.69 Å². The Hall–Kier alpha value is -2.25. The summed E-state index contributed by atoms with van der Waals surface area (Å²) >= 11 is 6.25. The lowest BCUT2D eigenvalue weighted by molar-refractivity contribution is 1.50. The van der Waals surface area contributed by atoms with Crippen LogP contribution in [0, 0.1) is 0 Å².